The molecule has 1 aromatic rings. The van der Waals surface area contributed by atoms with Gasteiger partial charge in [-0.05, 0) is 26.4 Å². The van der Waals surface area contributed by atoms with Gasteiger partial charge in [0.05, 0.1) is 0 Å². The lowest BCUT2D eigenvalue weighted by Crippen LogP contribution is -2.44. The molecule has 1 atom stereocenters. The third kappa shape index (κ3) is 3.13. The van der Waals surface area contributed by atoms with Gasteiger partial charge in [0.1, 0.15) is 0 Å². The van der Waals surface area contributed by atoms with Gasteiger partial charge in [0, 0.05) is 12.6 Å². The molecular weight excluding hydrogens is 238 g/mol. The molecule has 0 aromatic carbocycles. The maximum absolute atomic E-state index is 11.7. The van der Waals surface area contributed by atoms with Crippen LogP contribution in [0, 0.1) is 0 Å². The van der Waals surface area contributed by atoms with Gasteiger partial charge in [-0.15, -0.1) is 10.2 Å². The van der Waals surface area contributed by atoms with Crippen LogP contribution in [-0.4, -0.2) is 47.2 Å². The normalized spacial score (nSPS) is 21.4. The number of carbonyl (C=O) groups is 1. The number of amides is 1. The third-order valence-electron chi connectivity index (χ3n) is 3.05. The average Bonchev–Trinajstić information content (AvgIpc) is 2.74. The van der Waals surface area contributed by atoms with E-state index in [-0.39, 0.29) is 5.91 Å². The molecule has 94 valence electrons. The van der Waals surface area contributed by atoms with E-state index in [1.165, 1.54) is 12.8 Å². The second-order valence-corrected chi connectivity index (χ2v) is 5.29. The molecule has 1 unspecified atom stereocenters. The molecule has 1 amide bonds. The Balaban J connectivity index is 1.83. The number of aromatic nitrogens is 2. The van der Waals surface area contributed by atoms with Crippen LogP contribution < -0.4 is 11.1 Å². The molecule has 7 heteroatoms. The van der Waals surface area contributed by atoms with E-state index >= 15 is 0 Å². The minimum Gasteiger partial charge on any atom is -0.374 e. The molecule has 0 spiro atoms. The van der Waals surface area contributed by atoms with Crippen LogP contribution in [0.2, 0.25) is 0 Å². The van der Waals surface area contributed by atoms with E-state index in [9.17, 15) is 4.79 Å². The Morgan fingerprint density at radius 3 is 3.06 bits per heavy atom. The van der Waals surface area contributed by atoms with Crippen LogP contribution in [0.1, 0.15) is 29.1 Å². The monoisotopic (exact) mass is 255 g/mol. The van der Waals surface area contributed by atoms with E-state index in [1.54, 1.807) is 0 Å². The maximum Gasteiger partial charge on any atom is 0.282 e. The summed E-state index contributed by atoms with van der Waals surface area (Å²) < 4.78 is 0. The minimum absolute atomic E-state index is 0.182. The number of nitrogens with two attached hydrogens (primary N) is 1. The molecule has 2 rings (SSSR count). The highest BCUT2D eigenvalue weighted by atomic mass is 32.1. The van der Waals surface area contributed by atoms with Crippen LogP contribution in [0.25, 0.3) is 0 Å². The average molecular weight is 255 g/mol. The Kier molecular flexibility index (Phi) is 3.90. The standard InChI is InChI=1S/C10H17N5OS/c1-15-5-3-2-4-7(15)6-12-8(16)9-13-14-10(11)17-9/h7H,2-6H2,1H3,(H2,11,14)(H,12,16). The Morgan fingerprint density at radius 1 is 1.59 bits per heavy atom. The molecule has 2 heterocycles. The van der Waals surface area contributed by atoms with Crippen molar-refractivity contribution in [2.75, 3.05) is 25.9 Å². The summed E-state index contributed by atoms with van der Waals surface area (Å²) in [5, 5.41) is 10.9. The first-order valence-electron chi connectivity index (χ1n) is 5.74. The Hall–Kier alpha value is -1.21. The highest BCUT2D eigenvalue weighted by Crippen LogP contribution is 2.15. The molecule has 0 saturated carbocycles. The quantitative estimate of drug-likeness (QED) is 0.813. The highest BCUT2D eigenvalue weighted by Gasteiger charge is 2.20. The van der Waals surface area contributed by atoms with Gasteiger partial charge in [0.25, 0.3) is 5.91 Å². The van der Waals surface area contributed by atoms with Gasteiger partial charge in [0.2, 0.25) is 10.1 Å². The SMILES string of the molecule is CN1CCCCC1CNC(=O)c1nnc(N)s1. The van der Waals surface area contributed by atoms with Crippen molar-refractivity contribution in [2.24, 2.45) is 0 Å². The highest BCUT2D eigenvalue weighted by molar-refractivity contribution is 7.16. The van der Waals surface area contributed by atoms with Crippen LogP contribution >= 0.6 is 11.3 Å². The topological polar surface area (TPSA) is 84.1 Å². The smallest absolute Gasteiger partial charge is 0.282 e. The van der Waals surface area contributed by atoms with E-state index in [1.807, 2.05) is 0 Å². The number of carbonyl (C=O) groups excluding carboxylic acids is 1. The van der Waals surface area contributed by atoms with Gasteiger partial charge in [-0.25, -0.2) is 0 Å². The van der Waals surface area contributed by atoms with Crippen LogP contribution in [0.15, 0.2) is 0 Å². The fraction of sp³-hybridized carbons (Fsp3) is 0.700. The number of nitrogen functional groups attached to an aromatic ring is 1. The summed E-state index contributed by atoms with van der Waals surface area (Å²) in [4.78, 5) is 14.0. The summed E-state index contributed by atoms with van der Waals surface area (Å²) in [6.45, 7) is 1.76. The summed E-state index contributed by atoms with van der Waals surface area (Å²) in [5.74, 6) is -0.182. The van der Waals surface area contributed by atoms with Crippen molar-refractivity contribution >= 4 is 22.4 Å². The van der Waals surface area contributed by atoms with Gasteiger partial charge in [-0.2, -0.15) is 0 Å². The molecule has 0 radical (unpaired) electrons. The molecule has 1 saturated heterocycles. The van der Waals surface area contributed by atoms with E-state index < -0.39 is 0 Å². The van der Waals surface area contributed by atoms with Gasteiger partial charge >= 0.3 is 0 Å². The summed E-state index contributed by atoms with van der Waals surface area (Å²) in [7, 11) is 2.10. The molecule has 1 aliphatic rings. The number of nitrogens with zero attached hydrogens (tertiary/aromatic N) is 3. The van der Waals surface area contributed by atoms with Crippen LogP contribution in [0.5, 0.6) is 0 Å². The lowest BCUT2D eigenvalue weighted by molar-refractivity contribution is 0.0927. The van der Waals surface area contributed by atoms with Crippen molar-refractivity contribution in [1.82, 2.24) is 20.4 Å². The molecule has 1 aliphatic heterocycles. The van der Waals surface area contributed by atoms with Gasteiger partial charge in [0.15, 0.2) is 0 Å². The number of likely N-dealkylation sites (N-methyl/N-ethyl adjacent to an activating group) is 1. The van der Waals surface area contributed by atoms with E-state index in [2.05, 4.69) is 27.5 Å². The van der Waals surface area contributed by atoms with Gasteiger partial charge < -0.3 is 16.0 Å². The zero-order valence-corrected chi connectivity index (χ0v) is 10.7. The number of rotatable bonds is 3. The maximum atomic E-state index is 11.7. The third-order valence-corrected chi connectivity index (χ3v) is 3.81. The van der Waals surface area contributed by atoms with Crippen molar-refractivity contribution in [2.45, 2.75) is 25.3 Å². The van der Waals surface area contributed by atoms with Crippen molar-refractivity contribution in [3.8, 4) is 0 Å². The molecule has 0 bridgehead atoms. The Morgan fingerprint density at radius 2 is 2.41 bits per heavy atom. The zero-order chi connectivity index (χ0) is 12.3. The Bertz CT molecular complexity index is 394. The predicted molar refractivity (Wildman–Crippen MR) is 66.9 cm³/mol. The largest absolute Gasteiger partial charge is 0.374 e. The number of piperidine rings is 1. The van der Waals surface area contributed by atoms with Crippen LogP contribution in [0.3, 0.4) is 0 Å². The van der Waals surface area contributed by atoms with Crippen molar-refractivity contribution < 1.29 is 4.79 Å². The van der Waals surface area contributed by atoms with Crippen molar-refractivity contribution in [1.29, 1.82) is 0 Å². The number of likely N-dealkylation sites (tertiary alicyclic amines) is 1. The number of hydrogen-bond acceptors (Lipinski definition) is 6. The number of nitrogens with one attached hydrogen (secondary N) is 1. The fourth-order valence-electron chi connectivity index (χ4n) is 2.01. The lowest BCUT2D eigenvalue weighted by Gasteiger charge is -2.32. The second-order valence-electron chi connectivity index (χ2n) is 4.29. The van der Waals surface area contributed by atoms with E-state index in [0.29, 0.717) is 22.7 Å². The van der Waals surface area contributed by atoms with Crippen LogP contribution in [-0.2, 0) is 0 Å². The zero-order valence-electron chi connectivity index (χ0n) is 9.85. The molecular formula is C10H17N5OS. The Labute approximate surface area is 104 Å². The lowest BCUT2D eigenvalue weighted by atomic mass is 10.0. The predicted octanol–water partition coefficient (Wildman–Crippen LogP) is 0.334. The first-order valence-corrected chi connectivity index (χ1v) is 6.56. The van der Waals surface area contributed by atoms with Gasteiger partial charge in [-0.3, -0.25) is 4.79 Å². The molecule has 17 heavy (non-hydrogen) atoms. The molecule has 1 fully saturated rings. The molecule has 0 aliphatic carbocycles. The summed E-state index contributed by atoms with van der Waals surface area (Å²) >= 11 is 1.11. The summed E-state index contributed by atoms with van der Waals surface area (Å²) in [5.41, 5.74) is 5.43. The molecule has 6 nitrogen and oxygen atoms in total. The van der Waals surface area contributed by atoms with Gasteiger partial charge in [-0.1, -0.05) is 17.8 Å². The summed E-state index contributed by atoms with van der Waals surface area (Å²) in [6, 6.07) is 0.429. The second kappa shape index (κ2) is 5.42. The number of hydrogen-bond donors (Lipinski definition) is 2. The minimum atomic E-state index is -0.182. The first kappa shape index (κ1) is 12.3. The molecule has 1 aromatic heterocycles. The van der Waals surface area contributed by atoms with Crippen molar-refractivity contribution in [3.63, 3.8) is 0 Å². The first-order chi connectivity index (χ1) is 8.16. The van der Waals surface area contributed by atoms with E-state index in [0.717, 1.165) is 24.3 Å². The van der Waals surface area contributed by atoms with Crippen molar-refractivity contribution in [3.05, 3.63) is 5.01 Å². The summed E-state index contributed by atoms with van der Waals surface area (Å²) in [6.07, 6.45) is 3.61. The fourth-order valence-corrected chi connectivity index (χ4v) is 2.54. The van der Waals surface area contributed by atoms with Crippen LogP contribution in [0.4, 0.5) is 5.13 Å². The number of anilines is 1. The molecule has 3 N–H and O–H groups in total. The van der Waals surface area contributed by atoms with E-state index in [4.69, 9.17) is 5.73 Å².